The first-order chi connectivity index (χ1) is 11.8. The maximum Gasteiger partial charge on any atom is 0.0664 e. The number of hydrogen-bond donors (Lipinski definition) is 2. The van der Waals surface area contributed by atoms with Crippen molar-refractivity contribution in [1.29, 1.82) is 0 Å². The summed E-state index contributed by atoms with van der Waals surface area (Å²) < 4.78 is 0. The predicted molar refractivity (Wildman–Crippen MR) is 109 cm³/mol. The van der Waals surface area contributed by atoms with Crippen LogP contribution in [0.1, 0.15) is 122 Å². The molecule has 146 valence electrons. The Morgan fingerprint density at radius 1 is 0.583 bits per heavy atom. The van der Waals surface area contributed by atoms with Gasteiger partial charge in [0.25, 0.3) is 0 Å². The smallest absolute Gasteiger partial charge is 0.0664 e. The molecule has 0 radical (unpaired) electrons. The van der Waals surface area contributed by atoms with E-state index in [1.54, 1.807) is 0 Å². The van der Waals surface area contributed by atoms with Crippen LogP contribution in [0.4, 0.5) is 0 Å². The Hall–Kier alpha value is -0.0800. The number of nitrogens with one attached hydrogen (secondary N) is 1. The summed E-state index contributed by atoms with van der Waals surface area (Å²) in [5, 5.41) is 12.6. The van der Waals surface area contributed by atoms with E-state index >= 15 is 0 Å². The second-order valence-corrected chi connectivity index (χ2v) is 7.66. The fourth-order valence-corrected chi connectivity index (χ4v) is 3.44. The van der Waals surface area contributed by atoms with Crippen LogP contribution in [-0.2, 0) is 0 Å². The van der Waals surface area contributed by atoms with Crippen molar-refractivity contribution in [2.24, 2.45) is 0 Å². The van der Waals surface area contributed by atoms with E-state index in [9.17, 15) is 5.11 Å². The number of unbranched alkanes of at least 4 members (excludes halogenated alkanes) is 16. The van der Waals surface area contributed by atoms with Gasteiger partial charge in [-0.15, -0.1) is 0 Å². The SMILES string of the molecule is CCCCCCCCCCCCCCCCCCCC(O)CNC. The highest BCUT2D eigenvalue weighted by molar-refractivity contribution is 4.57. The second-order valence-electron chi connectivity index (χ2n) is 7.66. The van der Waals surface area contributed by atoms with Gasteiger partial charge in [0.1, 0.15) is 0 Å². The predicted octanol–water partition coefficient (Wildman–Crippen LogP) is 6.61. The lowest BCUT2D eigenvalue weighted by Crippen LogP contribution is -2.23. The summed E-state index contributed by atoms with van der Waals surface area (Å²) in [6.07, 6.45) is 24.8. The molecule has 0 saturated carbocycles. The third-order valence-electron chi connectivity index (χ3n) is 5.08. The molecule has 0 aliphatic rings. The topological polar surface area (TPSA) is 32.3 Å². The minimum atomic E-state index is -0.147. The summed E-state index contributed by atoms with van der Waals surface area (Å²) in [6.45, 7) is 3.02. The standard InChI is InChI=1S/C22H47NO/c1-3-4-5-6-7-8-9-10-11-12-13-14-15-16-17-18-19-20-22(24)21-23-2/h22-24H,3-21H2,1-2H3. The Morgan fingerprint density at radius 2 is 0.917 bits per heavy atom. The number of aliphatic hydroxyl groups excluding tert-OH is 1. The first kappa shape index (κ1) is 23.9. The molecule has 24 heavy (non-hydrogen) atoms. The van der Waals surface area contributed by atoms with Crippen molar-refractivity contribution in [2.75, 3.05) is 13.6 Å². The molecule has 0 saturated heterocycles. The van der Waals surface area contributed by atoms with Crippen LogP contribution in [0.25, 0.3) is 0 Å². The van der Waals surface area contributed by atoms with E-state index in [1.165, 1.54) is 109 Å². The van der Waals surface area contributed by atoms with E-state index in [0.29, 0.717) is 0 Å². The van der Waals surface area contributed by atoms with Gasteiger partial charge >= 0.3 is 0 Å². The molecule has 0 aromatic rings. The van der Waals surface area contributed by atoms with Crippen molar-refractivity contribution < 1.29 is 5.11 Å². The lowest BCUT2D eigenvalue weighted by atomic mass is 10.0. The van der Waals surface area contributed by atoms with Crippen molar-refractivity contribution in [1.82, 2.24) is 5.32 Å². The molecule has 2 heteroatoms. The molecule has 0 amide bonds. The zero-order valence-electron chi connectivity index (χ0n) is 17.0. The van der Waals surface area contributed by atoms with Crippen molar-refractivity contribution in [3.63, 3.8) is 0 Å². The number of rotatable bonds is 20. The summed E-state index contributed by atoms with van der Waals surface area (Å²) in [5.41, 5.74) is 0. The van der Waals surface area contributed by atoms with Crippen LogP contribution in [0, 0.1) is 0 Å². The van der Waals surface area contributed by atoms with Gasteiger partial charge in [-0.2, -0.15) is 0 Å². The molecule has 0 heterocycles. The van der Waals surface area contributed by atoms with Crippen LogP contribution in [0.3, 0.4) is 0 Å². The molecule has 1 atom stereocenters. The molecule has 0 rings (SSSR count). The highest BCUT2D eigenvalue weighted by Crippen LogP contribution is 2.14. The molecule has 0 aromatic carbocycles. The summed E-state index contributed by atoms with van der Waals surface area (Å²) in [4.78, 5) is 0. The molecule has 0 fully saturated rings. The fraction of sp³-hybridized carbons (Fsp3) is 1.00. The Morgan fingerprint density at radius 3 is 1.25 bits per heavy atom. The Labute approximate surface area is 153 Å². The average molecular weight is 342 g/mol. The monoisotopic (exact) mass is 341 g/mol. The van der Waals surface area contributed by atoms with Gasteiger partial charge < -0.3 is 10.4 Å². The zero-order valence-corrected chi connectivity index (χ0v) is 17.0. The molecule has 0 aromatic heterocycles. The van der Waals surface area contributed by atoms with E-state index in [2.05, 4.69) is 12.2 Å². The third-order valence-corrected chi connectivity index (χ3v) is 5.08. The normalized spacial score (nSPS) is 12.6. The maximum atomic E-state index is 9.61. The fourth-order valence-electron chi connectivity index (χ4n) is 3.44. The Bertz CT molecular complexity index is 220. The highest BCUT2D eigenvalue weighted by Gasteiger charge is 2.01. The van der Waals surface area contributed by atoms with Crippen LogP contribution < -0.4 is 5.32 Å². The first-order valence-electron chi connectivity index (χ1n) is 11.1. The quantitative estimate of drug-likeness (QED) is 0.244. The van der Waals surface area contributed by atoms with Crippen molar-refractivity contribution in [3.8, 4) is 0 Å². The van der Waals surface area contributed by atoms with Gasteiger partial charge in [-0.25, -0.2) is 0 Å². The molecular weight excluding hydrogens is 294 g/mol. The molecule has 2 N–H and O–H groups in total. The van der Waals surface area contributed by atoms with E-state index in [0.717, 1.165) is 13.0 Å². The average Bonchev–Trinajstić information content (AvgIpc) is 2.58. The lowest BCUT2D eigenvalue weighted by molar-refractivity contribution is 0.160. The van der Waals surface area contributed by atoms with Gasteiger partial charge in [0, 0.05) is 6.54 Å². The van der Waals surface area contributed by atoms with Gasteiger partial charge in [0.15, 0.2) is 0 Å². The van der Waals surface area contributed by atoms with Crippen molar-refractivity contribution in [2.45, 2.75) is 129 Å². The summed E-state index contributed by atoms with van der Waals surface area (Å²) in [6, 6.07) is 0. The van der Waals surface area contributed by atoms with Gasteiger partial charge in [-0.3, -0.25) is 0 Å². The minimum absolute atomic E-state index is 0.147. The highest BCUT2D eigenvalue weighted by atomic mass is 16.3. The molecule has 0 spiro atoms. The second kappa shape index (κ2) is 21.0. The molecule has 0 aliphatic heterocycles. The molecule has 0 bridgehead atoms. The summed E-state index contributed by atoms with van der Waals surface area (Å²) in [7, 11) is 1.90. The number of hydrogen-bond acceptors (Lipinski definition) is 2. The maximum absolute atomic E-state index is 9.61. The number of likely N-dealkylation sites (N-methyl/N-ethyl adjacent to an activating group) is 1. The van der Waals surface area contributed by atoms with Crippen LogP contribution in [0.2, 0.25) is 0 Å². The molecule has 0 aliphatic carbocycles. The van der Waals surface area contributed by atoms with Crippen molar-refractivity contribution >= 4 is 0 Å². The molecular formula is C22H47NO. The van der Waals surface area contributed by atoms with Gasteiger partial charge in [-0.05, 0) is 13.5 Å². The van der Waals surface area contributed by atoms with E-state index in [1.807, 2.05) is 7.05 Å². The molecule has 1 unspecified atom stereocenters. The first-order valence-corrected chi connectivity index (χ1v) is 11.1. The van der Waals surface area contributed by atoms with E-state index in [-0.39, 0.29) is 6.10 Å². The minimum Gasteiger partial charge on any atom is -0.392 e. The Kier molecular flexibility index (Phi) is 20.9. The number of aliphatic hydroxyl groups is 1. The lowest BCUT2D eigenvalue weighted by Gasteiger charge is -2.09. The van der Waals surface area contributed by atoms with Gasteiger partial charge in [0.2, 0.25) is 0 Å². The summed E-state index contributed by atoms with van der Waals surface area (Å²) in [5.74, 6) is 0. The van der Waals surface area contributed by atoms with E-state index < -0.39 is 0 Å². The van der Waals surface area contributed by atoms with Gasteiger partial charge in [-0.1, -0.05) is 116 Å². The van der Waals surface area contributed by atoms with Crippen LogP contribution in [0.5, 0.6) is 0 Å². The van der Waals surface area contributed by atoms with Crippen LogP contribution in [0.15, 0.2) is 0 Å². The Balaban J connectivity index is 3.00. The molecule has 2 nitrogen and oxygen atoms in total. The van der Waals surface area contributed by atoms with Crippen LogP contribution >= 0.6 is 0 Å². The third kappa shape index (κ3) is 20.0. The largest absolute Gasteiger partial charge is 0.392 e. The van der Waals surface area contributed by atoms with Crippen LogP contribution in [-0.4, -0.2) is 24.8 Å². The van der Waals surface area contributed by atoms with E-state index in [4.69, 9.17) is 0 Å². The van der Waals surface area contributed by atoms with Crippen molar-refractivity contribution in [3.05, 3.63) is 0 Å². The summed E-state index contributed by atoms with van der Waals surface area (Å²) >= 11 is 0. The zero-order chi connectivity index (χ0) is 17.7. The van der Waals surface area contributed by atoms with Gasteiger partial charge in [0.05, 0.1) is 6.10 Å².